The number of halogens is 2. The zero-order valence-electron chi connectivity index (χ0n) is 8.48. The van der Waals surface area contributed by atoms with E-state index in [0.29, 0.717) is 5.13 Å². The highest BCUT2D eigenvalue weighted by atomic mass is 32.2. The highest BCUT2D eigenvalue weighted by Gasteiger charge is 2.39. The Balaban J connectivity index is 2.21. The molecule has 0 aliphatic carbocycles. The number of hydrogen-bond donors (Lipinski definition) is 0. The van der Waals surface area contributed by atoms with Crippen molar-refractivity contribution in [3.63, 3.8) is 0 Å². The number of anilines is 1. The van der Waals surface area contributed by atoms with Crippen molar-refractivity contribution in [3.8, 4) is 0 Å². The Morgan fingerprint density at radius 3 is 2.69 bits per heavy atom. The molecule has 1 aliphatic rings. The normalized spacial score (nSPS) is 20.3. The molecule has 0 aromatic carbocycles. The third kappa shape index (κ3) is 2.32. The van der Waals surface area contributed by atoms with E-state index in [0.717, 1.165) is 17.6 Å². The van der Waals surface area contributed by atoms with E-state index < -0.39 is 15.8 Å². The fraction of sp³-hybridized carbons (Fsp3) is 0.625. The predicted molar refractivity (Wildman–Crippen MR) is 57.0 cm³/mol. The van der Waals surface area contributed by atoms with Gasteiger partial charge in [0.25, 0.3) is 5.92 Å². The van der Waals surface area contributed by atoms with Gasteiger partial charge < -0.3 is 4.90 Å². The summed E-state index contributed by atoms with van der Waals surface area (Å²) in [5.74, 6) is -2.70. The maximum atomic E-state index is 12.9. The van der Waals surface area contributed by atoms with E-state index in [1.54, 1.807) is 0 Å². The first-order valence-corrected chi connectivity index (χ1v) is 7.27. The van der Waals surface area contributed by atoms with Crippen molar-refractivity contribution in [2.75, 3.05) is 24.2 Å². The first-order chi connectivity index (χ1) is 7.28. The molecule has 2 rings (SSSR count). The van der Waals surface area contributed by atoms with Gasteiger partial charge in [0, 0.05) is 19.2 Å². The summed E-state index contributed by atoms with van der Waals surface area (Å²) in [5, 5.41) is 0.345. The first-order valence-electron chi connectivity index (χ1n) is 4.57. The second-order valence-corrected chi connectivity index (χ2v) is 7.01. The van der Waals surface area contributed by atoms with Crippen LogP contribution in [0.15, 0.2) is 10.4 Å². The fourth-order valence-electron chi connectivity index (χ4n) is 1.47. The largest absolute Gasteiger partial charge is 0.342 e. The molecule has 1 aromatic heterocycles. The van der Waals surface area contributed by atoms with E-state index in [4.69, 9.17) is 0 Å². The van der Waals surface area contributed by atoms with Gasteiger partial charge in [-0.05, 0) is 0 Å². The van der Waals surface area contributed by atoms with Gasteiger partial charge in [-0.15, -0.1) is 0 Å². The van der Waals surface area contributed by atoms with Gasteiger partial charge >= 0.3 is 0 Å². The molecule has 90 valence electrons. The molecule has 4 nitrogen and oxygen atoms in total. The Labute approximate surface area is 95.8 Å². The molecule has 0 saturated carbocycles. The molecule has 2 heterocycles. The van der Waals surface area contributed by atoms with Crippen LogP contribution in [0.2, 0.25) is 0 Å². The topological polar surface area (TPSA) is 50.3 Å². The Kier molecular flexibility index (Phi) is 2.66. The van der Waals surface area contributed by atoms with Gasteiger partial charge in [0.15, 0.2) is 15.0 Å². The Hall–Kier alpha value is -0.760. The number of nitrogens with zero attached hydrogens (tertiary/aromatic N) is 2. The molecule has 0 atom stereocenters. The number of aromatic nitrogens is 1. The molecule has 1 fully saturated rings. The quantitative estimate of drug-likeness (QED) is 0.813. The lowest BCUT2D eigenvalue weighted by Gasteiger charge is -2.13. The summed E-state index contributed by atoms with van der Waals surface area (Å²) < 4.78 is 48.4. The SMILES string of the molecule is CS(=O)(=O)c1cnc(N2CCC(F)(F)C2)s1. The van der Waals surface area contributed by atoms with E-state index in [1.165, 1.54) is 11.1 Å². The van der Waals surface area contributed by atoms with Gasteiger partial charge in [-0.3, -0.25) is 0 Å². The average Bonchev–Trinajstić information content (AvgIpc) is 2.68. The number of hydrogen-bond acceptors (Lipinski definition) is 5. The maximum Gasteiger partial charge on any atom is 0.267 e. The van der Waals surface area contributed by atoms with E-state index in [2.05, 4.69) is 4.98 Å². The van der Waals surface area contributed by atoms with Crippen LogP contribution in [0.25, 0.3) is 0 Å². The van der Waals surface area contributed by atoms with E-state index >= 15 is 0 Å². The molecule has 1 aliphatic heterocycles. The maximum absolute atomic E-state index is 12.9. The van der Waals surface area contributed by atoms with Crippen LogP contribution < -0.4 is 4.90 Å². The van der Waals surface area contributed by atoms with Gasteiger partial charge in [-0.1, -0.05) is 11.3 Å². The van der Waals surface area contributed by atoms with Crippen molar-refractivity contribution in [1.29, 1.82) is 0 Å². The van der Waals surface area contributed by atoms with Crippen LogP contribution in [-0.4, -0.2) is 38.7 Å². The summed E-state index contributed by atoms with van der Waals surface area (Å²) in [6.07, 6.45) is 2.08. The van der Waals surface area contributed by atoms with Gasteiger partial charge in [0.2, 0.25) is 0 Å². The minimum absolute atomic E-state index is 0.109. The lowest BCUT2D eigenvalue weighted by molar-refractivity contribution is 0.0257. The van der Waals surface area contributed by atoms with Gasteiger partial charge in [-0.2, -0.15) is 0 Å². The minimum Gasteiger partial charge on any atom is -0.342 e. The molecule has 0 bridgehead atoms. The minimum atomic E-state index is -3.30. The van der Waals surface area contributed by atoms with Gasteiger partial charge in [0.05, 0.1) is 12.7 Å². The first kappa shape index (κ1) is 11.7. The summed E-state index contributed by atoms with van der Waals surface area (Å²) in [6.45, 7) is -0.173. The molecular weight excluding hydrogens is 258 g/mol. The lowest BCUT2D eigenvalue weighted by atomic mass is 10.3. The van der Waals surface area contributed by atoms with E-state index in [-0.39, 0.29) is 23.7 Å². The Bertz CT molecular complexity index is 498. The molecule has 0 amide bonds. The number of sulfone groups is 1. The second kappa shape index (κ2) is 3.63. The van der Waals surface area contributed by atoms with Crippen molar-refractivity contribution >= 4 is 26.3 Å². The van der Waals surface area contributed by atoms with E-state index in [9.17, 15) is 17.2 Å². The molecule has 0 N–H and O–H groups in total. The van der Waals surface area contributed by atoms with Crippen LogP contribution in [0.3, 0.4) is 0 Å². The molecule has 8 heteroatoms. The van der Waals surface area contributed by atoms with Crippen LogP contribution in [0.4, 0.5) is 13.9 Å². The molecule has 16 heavy (non-hydrogen) atoms. The third-order valence-electron chi connectivity index (χ3n) is 2.28. The molecule has 0 radical (unpaired) electrons. The number of thiazole rings is 1. The third-order valence-corrected chi connectivity index (χ3v) is 5.13. The van der Waals surface area contributed by atoms with Crippen molar-refractivity contribution in [2.24, 2.45) is 0 Å². The Morgan fingerprint density at radius 1 is 1.56 bits per heavy atom. The predicted octanol–water partition coefficient (Wildman–Crippen LogP) is 1.39. The van der Waals surface area contributed by atoms with Gasteiger partial charge in [-0.25, -0.2) is 22.2 Å². The van der Waals surface area contributed by atoms with Crippen molar-refractivity contribution in [2.45, 2.75) is 16.6 Å². The monoisotopic (exact) mass is 268 g/mol. The summed E-state index contributed by atoms with van der Waals surface area (Å²) in [7, 11) is -3.30. The van der Waals surface area contributed by atoms with Crippen LogP contribution in [0.5, 0.6) is 0 Å². The summed E-state index contributed by atoms with van der Waals surface area (Å²) >= 11 is 0.931. The van der Waals surface area contributed by atoms with Crippen molar-refractivity contribution in [3.05, 3.63) is 6.20 Å². The zero-order chi connectivity index (χ0) is 12.0. The number of alkyl halides is 2. The smallest absolute Gasteiger partial charge is 0.267 e. The van der Waals surface area contributed by atoms with E-state index in [1.807, 2.05) is 0 Å². The summed E-state index contributed by atoms with van der Waals surface area (Å²) in [6, 6.07) is 0. The van der Waals surface area contributed by atoms with Crippen LogP contribution in [0.1, 0.15) is 6.42 Å². The molecule has 1 aromatic rings. The molecule has 0 spiro atoms. The molecule has 0 unspecified atom stereocenters. The van der Waals surface area contributed by atoms with Crippen LogP contribution in [0, 0.1) is 0 Å². The zero-order valence-corrected chi connectivity index (χ0v) is 10.1. The fourth-order valence-corrected chi connectivity index (χ4v) is 3.22. The van der Waals surface area contributed by atoms with Crippen LogP contribution >= 0.6 is 11.3 Å². The average molecular weight is 268 g/mol. The Morgan fingerprint density at radius 2 is 2.25 bits per heavy atom. The second-order valence-electron chi connectivity index (χ2n) is 3.76. The van der Waals surface area contributed by atoms with Crippen molar-refractivity contribution < 1.29 is 17.2 Å². The van der Waals surface area contributed by atoms with Crippen molar-refractivity contribution in [1.82, 2.24) is 4.98 Å². The molecule has 1 saturated heterocycles. The highest BCUT2D eigenvalue weighted by molar-refractivity contribution is 7.92. The summed E-state index contributed by atoms with van der Waals surface area (Å²) in [5.41, 5.74) is 0. The summed E-state index contributed by atoms with van der Waals surface area (Å²) in [4.78, 5) is 5.28. The molecular formula is C8H10F2N2O2S2. The van der Waals surface area contributed by atoms with Crippen LogP contribution in [-0.2, 0) is 9.84 Å². The number of rotatable bonds is 2. The van der Waals surface area contributed by atoms with Gasteiger partial charge in [0.1, 0.15) is 4.21 Å². The standard InChI is InChI=1S/C8H10F2N2O2S2/c1-16(13,14)6-4-11-7(15-6)12-3-2-8(9,10)5-12/h4H,2-3,5H2,1H3. The highest BCUT2D eigenvalue weighted by Crippen LogP contribution is 2.33. The lowest BCUT2D eigenvalue weighted by Crippen LogP contribution is -2.24.